The molecule has 1 aliphatic carbocycles. The van der Waals surface area contributed by atoms with Crippen LogP contribution in [-0.4, -0.2) is 20.2 Å². The van der Waals surface area contributed by atoms with Gasteiger partial charge in [-0.2, -0.15) is 0 Å². The lowest BCUT2D eigenvalue weighted by Crippen LogP contribution is -2.41. The van der Waals surface area contributed by atoms with Gasteiger partial charge in [0, 0.05) is 28.9 Å². The number of phenolic OH excluding ortho intramolecular Hbond substituents is 1. The third-order valence-corrected chi connectivity index (χ3v) is 4.07. The van der Waals surface area contributed by atoms with Crippen molar-refractivity contribution in [1.82, 2.24) is 9.97 Å². The molecule has 4 rings (SSSR count). The van der Waals surface area contributed by atoms with E-state index in [1.807, 2.05) is 30.4 Å². The highest BCUT2D eigenvalue weighted by Gasteiger charge is 2.06. The number of aromatic hydroxyl groups is 2. The summed E-state index contributed by atoms with van der Waals surface area (Å²) >= 11 is 0. The quantitative estimate of drug-likeness (QED) is 0.633. The van der Waals surface area contributed by atoms with Gasteiger partial charge in [0.25, 0.3) is 5.56 Å². The Bertz CT molecular complexity index is 1170. The predicted molar refractivity (Wildman–Crippen MR) is 92.9 cm³/mol. The Balaban J connectivity index is 1.88. The second kappa shape index (κ2) is 5.38. The first-order chi connectivity index (χ1) is 11.6. The van der Waals surface area contributed by atoms with Crippen LogP contribution in [-0.2, 0) is 0 Å². The van der Waals surface area contributed by atoms with Crippen LogP contribution in [0.4, 0.5) is 0 Å². The lowest BCUT2D eigenvalue weighted by molar-refractivity contribution is 0.450. The number of benzene rings is 1. The molecule has 0 amide bonds. The Morgan fingerprint density at radius 2 is 2.04 bits per heavy atom. The Morgan fingerprint density at radius 1 is 1.17 bits per heavy atom. The predicted octanol–water partition coefficient (Wildman–Crippen LogP) is 1.38. The SMILES string of the molecule is O=c1[nH]c(O)cc2c1=CCC(=Cc1ccnc3cc(O)ccc13)C=2. The van der Waals surface area contributed by atoms with Gasteiger partial charge in [0.1, 0.15) is 5.75 Å². The van der Waals surface area contributed by atoms with E-state index in [1.54, 1.807) is 24.4 Å². The molecule has 2 heterocycles. The Hall–Kier alpha value is -3.34. The summed E-state index contributed by atoms with van der Waals surface area (Å²) in [6.07, 6.45) is 8.11. The van der Waals surface area contributed by atoms with Crippen LogP contribution in [0.5, 0.6) is 11.6 Å². The van der Waals surface area contributed by atoms with Crippen molar-refractivity contribution in [1.29, 1.82) is 0 Å². The van der Waals surface area contributed by atoms with Crippen LogP contribution >= 0.6 is 0 Å². The van der Waals surface area contributed by atoms with E-state index in [0.717, 1.165) is 22.0 Å². The molecule has 0 fully saturated rings. The van der Waals surface area contributed by atoms with Crippen LogP contribution in [0.1, 0.15) is 12.0 Å². The molecule has 0 bridgehead atoms. The molecule has 5 nitrogen and oxygen atoms in total. The number of H-pyrrole nitrogens is 1. The molecule has 0 saturated carbocycles. The van der Waals surface area contributed by atoms with Gasteiger partial charge in [0.15, 0.2) is 5.88 Å². The molecule has 5 heteroatoms. The minimum Gasteiger partial charge on any atom is -0.508 e. The van der Waals surface area contributed by atoms with Crippen LogP contribution in [0, 0.1) is 0 Å². The van der Waals surface area contributed by atoms with Gasteiger partial charge >= 0.3 is 0 Å². The van der Waals surface area contributed by atoms with Gasteiger partial charge in [-0.1, -0.05) is 18.2 Å². The highest BCUT2D eigenvalue weighted by atomic mass is 16.3. The van der Waals surface area contributed by atoms with E-state index < -0.39 is 0 Å². The zero-order chi connectivity index (χ0) is 16.7. The number of hydrogen-bond donors (Lipinski definition) is 3. The molecule has 0 atom stereocenters. The molecule has 2 aromatic heterocycles. The van der Waals surface area contributed by atoms with Gasteiger partial charge in [-0.05, 0) is 41.0 Å². The van der Waals surface area contributed by atoms with Crippen molar-refractivity contribution in [3.05, 3.63) is 68.5 Å². The number of nitrogens with one attached hydrogen (secondary N) is 1. The fourth-order valence-corrected chi connectivity index (χ4v) is 2.97. The topological polar surface area (TPSA) is 86.2 Å². The van der Waals surface area contributed by atoms with E-state index in [-0.39, 0.29) is 17.2 Å². The second-order valence-electron chi connectivity index (χ2n) is 5.73. The number of rotatable bonds is 1. The highest BCUT2D eigenvalue weighted by Crippen LogP contribution is 2.24. The molecule has 3 N–H and O–H groups in total. The summed E-state index contributed by atoms with van der Waals surface area (Å²) in [5, 5.41) is 21.4. The van der Waals surface area contributed by atoms with Crippen molar-refractivity contribution in [2.75, 3.05) is 0 Å². The van der Waals surface area contributed by atoms with Gasteiger partial charge in [-0.25, -0.2) is 0 Å². The largest absolute Gasteiger partial charge is 0.508 e. The van der Waals surface area contributed by atoms with Gasteiger partial charge in [0.2, 0.25) is 0 Å². The van der Waals surface area contributed by atoms with Crippen molar-refractivity contribution >= 4 is 29.1 Å². The molecule has 0 saturated heterocycles. The normalized spacial score (nSPS) is 14.9. The van der Waals surface area contributed by atoms with Crippen molar-refractivity contribution in [3.63, 3.8) is 0 Å². The lowest BCUT2D eigenvalue weighted by atomic mass is 10.00. The summed E-state index contributed by atoms with van der Waals surface area (Å²) in [6, 6.07) is 8.55. The van der Waals surface area contributed by atoms with E-state index in [2.05, 4.69) is 9.97 Å². The molecule has 0 aliphatic heterocycles. The first-order valence-electron chi connectivity index (χ1n) is 7.53. The fraction of sp³-hybridized carbons (Fsp3) is 0.0526. The van der Waals surface area contributed by atoms with Crippen molar-refractivity contribution in [2.24, 2.45) is 0 Å². The monoisotopic (exact) mass is 318 g/mol. The number of nitrogens with zero attached hydrogens (tertiary/aromatic N) is 1. The average molecular weight is 318 g/mol. The van der Waals surface area contributed by atoms with E-state index in [4.69, 9.17) is 0 Å². The van der Waals surface area contributed by atoms with Gasteiger partial charge in [-0.3, -0.25) is 14.8 Å². The Kier molecular flexibility index (Phi) is 3.20. The van der Waals surface area contributed by atoms with Crippen LogP contribution in [0.2, 0.25) is 0 Å². The summed E-state index contributed by atoms with van der Waals surface area (Å²) in [5.74, 6) is 0.0375. The molecular weight excluding hydrogens is 304 g/mol. The van der Waals surface area contributed by atoms with Gasteiger partial charge in [0.05, 0.1) is 5.52 Å². The molecule has 0 radical (unpaired) electrons. The maximum atomic E-state index is 11.8. The number of pyridine rings is 2. The minimum atomic E-state index is -0.287. The first-order valence-corrected chi connectivity index (χ1v) is 7.53. The van der Waals surface area contributed by atoms with Crippen LogP contribution in [0.15, 0.2) is 46.9 Å². The molecule has 1 aromatic carbocycles. The lowest BCUT2D eigenvalue weighted by Gasteiger charge is -2.07. The summed E-state index contributed by atoms with van der Waals surface area (Å²) in [6.45, 7) is 0. The molecule has 1 aliphatic rings. The highest BCUT2D eigenvalue weighted by molar-refractivity contribution is 5.90. The minimum absolute atomic E-state index is 0.144. The van der Waals surface area contributed by atoms with E-state index in [1.165, 1.54) is 0 Å². The standard InChI is InChI=1S/C19H14N2O3/c22-14-2-4-15-12(5-6-20-17(15)10-14)7-11-1-3-16-13(8-11)9-18(23)21-19(16)24/h2-10,22-23H,1H2,(H,21,24). The third kappa shape index (κ3) is 2.46. The summed E-state index contributed by atoms with van der Waals surface area (Å²) < 4.78 is 0. The van der Waals surface area contributed by atoms with Crippen LogP contribution in [0.3, 0.4) is 0 Å². The molecule has 118 valence electrons. The molecule has 0 spiro atoms. The van der Waals surface area contributed by atoms with Crippen LogP contribution < -0.4 is 16.0 Å². The summed E-state index contributed by atoms with van der Waals surface area (Å²) in [4.78, 5) is 18.5. The number of fused-ring (bicyclic) bond motifs is 2. The first kappa shape index (κ1) is 14.3. The zero-order valence-corrected chi connectivity index (χ0v) is 12.7. The Labute approximate surface area is 136 Å². The zero-order valence-electron chi connectivity index (χ0n) is 12.7. The van der Waals surface area contributed by atoms with Crippen molar-refractivity contribution in [2.45, 2.75) is 6.42 Å². The van der Waals surface area contributed by atoms with Gasteiger partial charge < -0.3 is 10.2 Å². The molecule has 3 aromatic rings. The number of aromatic nitrogens is 2. The number of allylic oxidation sites excluding steroid dienone is 1. The van der Waals surface area contributed by atoms with Crippen molar-refractivity contribution in [3.8, 4) is 11.6 Å². The number of phenols is 1. The van der Waals surface area contributed by atoms with E-state index >= 15 is 0 Å². The Morgan fingerprint density at radius 3 is 2.92 bits per heavy atom. The smallest absolute Gasteiger partial charge is 0.258 e. The maximum absolute atomic E-state index is 11.8. The van der Waals surface area contributed by atoms with E-state index in [0.29, 0.717) is 16.9 Å². The number of hydrogen-bond acceptors (Lipinski definition) is 4. The summed E-state index contributed by atoms with van der Waals surface area (Å²) in [5.41, 5.74) is 2.44. The summed E-state index contributed by atoms with van der Waals surface area (Å²) in [7, 11) is 0. The average Bonchev–Trinajstić information content (AvgIpc) is 2.54. The fourth-order valence-electron chi connectivity index (χ4n) is 2.97. The third-order valence-electron chi connectivity index (χ3n) is 4.07. The molecule has 0 unspecified atom stereocenters. The maximum Gasteiger partial charge on any atom is 0.258 e. The van der Waals surface area contributed by atoms with E-state index in [9.17, 15) is 15.0 Å². The van der Waals surface area contributed by atoms with Crippen LogP contribution in [0.25, 0.3) is 29.1 Å². The molecule has 24 heavy (non-hydrogen) atoms. The van der Waals surface area contributed by atoms with Crippen molar-refractivity contribution < 1.29 is 10.2 Å². The number of aromatic amines is 1. The molecular formula is C19H14N2O3. The second-order valence-corrected chi connectivity index (χ2v) is 5.73. The van der Waals surface area contributed by atoms with Gasteiger partial charge in [-0.15, -0.1) is 0 Å².